The van der Waals surface area contributed by atoms with Gasteiger partial charge >= 0.3 is 0 Å². The molecule has 88 valence electrons. The van der Waals surface area contributed by atoms with Crippen molar-refractivity contribution in [1.82, 2.24) is 5.32 Å². The van der Waals surface area contributed by atoms with E-state index in [0.29, 0.717) is 12.2 Å². The first kappa shape index (κ1) is 11.4. The maximum Gasteiger partial charge on any atom is 0.153 e. The van der Waals surface area contributed by atoms with Crippen LogP contribution in [-0.2, 0) is 14.6 Å². The van der Waals surface area contributed by atoms with E-state index in [1.54, 1.807) is 0 Å². The van der Waals surface area contributed by atoms with Crippen LogP contribution in [-0.4, -0.2) is 37.8 Å². The molecule has 3 atom stereocenters. The largest absolute Gasteiger partial charge is 0.357 e. The molecule has 3 unspecified atom stereocenters. The van der Waals surface area contributed by atoms with Crippen LogP contribution in [0, 0.1) is 0 Å². The van der Waals surface area contributed by atoms with Crippen molar-refractivity contribution < 1.29 is 13.2 Å². The van der Waals surface area contributed by atoms with Crippen molar-refractivity contribution in [2.45, 2.75) is 50.2 Å². The summed E-state index contributed by atoms with van der Waals surface area (Å²) >= 11 is 0. The van der Waals surface area contributed by atoms with E-state index >= 15 is 0 Å². The van der Waals surface area contributed by atoms with Crippen molar-refractivity contribution >= 4 is 9.84 Å². The second kappa shape index (κ2) is 3.71. The number of hydrogen-bond acceptors (Lipinski definition) is 4. The minimum atomic E-state index is -2.85. The van der Waals surface area contributed by atoms with Crippen LogP contribution in [0.1, 0.15) is 33.1 Å². The van der Waals surface area contributed by atoms with Gasteiger partial charge in [0, 0.05) is 13.0 Å². The summed E-state index contributed by atoms with van der Waals surface area (Å²) in [4.78, 5) is 0. The summed E-state index contributed by atoms with van der Waals surface area (Å²) in [5.41, 5.74) is -0.443. The van der Waals surface area contributed by atoms with Gasteiger partial charge in [-0.2, -0.15) is 0 Å². The van der Waals surface area contributed by atoms with Gasteiger partial charge in [-0.3, -0.25) is 5.32 Å². The van der Waals surface area contributed by atoms with Gasteiger partial charge in [0.1, 0.15) is 5.72 Å². The van der Waals surface area contributed by atoms with Crippen molar-refractivity contribution in [2.75, 3.05) is 12.3 Å². The molecule has 4 nitrogen and oxygen atoms in total. The van der Waals surface area contributed by atoms with Gasteiger partial charge in [0.15, 0.2) is 9.84 Å². The van der Waals surface area contributed by atoms with Crippen LogP contribution < -0.4 is 5.32 Å². The molecular weight excluding hydrogens is 214 g/mol. The Labute approximate surface area is 91.3 Å². The molecule has 0 amide bonds. The van der Waals surface area contributed by atoms with Gasteiger partial charge in [-0.25, -0.2) is 8.42 Å². The molecule has 2 aliphatic rings. The number of sulfone groups is 1. The minimum absolute atomic E-state index is 0.180. The quantitative estimate of drug-likeness (QED) is 0.762. The fourth-order valence-electron chi connectivity index (χ4n) is 2.53. The normalized spacial score (nSPS) is 44.7. The first-order chi connectivity index (χ1) is 6.91. The molecule has 0 bridgehead atoms. The average molecular weight is 233 g/mol. The molecule has 0 radical (unpaired) electrons. The summed E-state index contributed by atoms with van der Waals surface area (Å²) in [7, 11) is -2.85. The zero-order valence-corrected chi connectivity index (χ0v) is 10.1. The van der Waals surface area contributed by atoms with Crippen LogP contribution in [0.2, 0.25) is 0 Å². The Morgan fingerprint density at radius 2 is 2.27 bits per heavy atom. The third-order valence-corrected chi connectivity index (χ3v) is 5.58. The van der Waals surface area contributed by atoms with E-state index in [1.807, 2.05) is 13.8 Å². The van der Waals surface area contributed by atoms with Crippen LogP contribution in [0.3, 0.4) is 0 Å². The number of hydrogen-bond donors (Lipinski definition) is 1. The fraction of sp³-hybridized carbons (Fsp3) is 1.00. The molecule has 0 aromatic rings. The highest BCUT2D eigenvalue weighted by Crippen LogP contribution is 2.30. The van der Waals surface area contributed by atoms with Gasteiger partial charge in [0.2, 0.25) is 0 Å². The van der Waals surface area contributed by atoms with Gasteiger partial charge in [-0.15, -0.1) is 0 Å². The molecule has 0 aliphatic carbocycles. The van der Waals surface area contributed by atoms with E-state index in [1.165, 1.54) is 0 Å². The predicted molar refractivity (Wildman–Crippen MR) is 58.4 cm³/mol. The average Bonchev–Trinajstić information content (AvgIpc) is 2.58. The highest BCUT2D eigenvalue weighted by atomic mass is 32.2. The van der Waals surface area contributed by atoms with Crippen LogP contribution in [0.4, 0.5) is 0 Å². The molecule has 2 saturated heterocycles. The molecule has 2 fully saturated rings. The van der Waals surface area contributed by atoms with Gasteiger partial charge in [-0.1, -0.05) is 0 Å². The predicted octanol–water partition coefficient (Wildman–Crippen LogP) is 0.678. The highest BCUT2D eigenvalue weighted by molar-refractivity contribution is 7.92. The lowest BCUT2D eigenvalue weighted by molar-refractivity contribution is -0.0359. The van der Waals surface area contributed by atoms with Crippen molar-refractivity contribution in [1.29, 1.82) is 0 Å². The molecule has 2 heterocycles. The highest BCUT2D eigenvalue weighted by Gasteiger charge is 2.41. The Hall–Kier alpha value is -0.130. The van der Waals surface area contributed by atoms with Gasteiger partial charge in [-0.05, 0) is 26.7 Å². The molecule has 5 heteroatoms. The molecule has 0 aromatic carbocycles. The van der Waals surface area contributed by atoms with Crippen molar-refractivity contribution in [3.63, 3.8) is 0 Å². The summed E-state index contributed by atoms with van der Waals surface area (Å²) < 4.78 is 29.1. The zero-order valence-electron chi connectivity index (χ0n) is 9.32. The van der Waals surface area contributed by atoms with E-state index in [0.717, 1.165) is 19.4 Å². The monoisotopic (exact) mass is 233 g/mol. The van der Waals surface area contributed by atoms with Crippen molar-refractivity contribution in [3.8, 4) is 0 Å². The van der Waals surface area contributed by atoms with Crippen LogP contribution in [0.15, 0.2) is 0 Å². The number of nitrogens with one attached hydrogen (secondary N) is 1. The maximum absolute atomic E-state index is 11.7. The van der Waals surface area contributed by atoms with Crippen molar-refractivity contribution in [3.05, 3.63) is 0 Å². The Balaban J connectivity index is 2.03. The topological polar surface area (TPSA) is 55.4 Å². The van der Waals surface area contributed by atoms with Crippen LogP contribution in [0.5, 0.6) is 0 Å². The minimum Gasteiger partial charge on any atom is -0.357 e. The lowest BCUT2D eigenvalue weighted by Gasteiger charge is -2.27. The van der Waals surface area contributed by atoms with Crippen molar-refractivity contribution in [2.24, 2.45) is 0 Å². The Bertz CT molecular complexity index is 341. The van der Waals surface area contributed by atoms with E-state index in [2.05, 4.69) is 5.32 Å². The standard InChI is InChI=1S/C10H19NO3S/c1-8-7-11-10(2,14-8)6-9-4-3-5-15(9,12)13/h8-9,11H,3-7H2,1-2H3. The number of rotatable bonds is 2. The number of ether oxygens (including phenoxy) is 1. The molecule has 1 N–H and O–H groups in total. The third-order valence-electron chi connectivity index (χ3n) is 3.30. The summed E-state index contributed by atoms with van der Waals surface area (Å²) in [5, 5.41) is 3.05. The molecular formula is C10H19NO3S. The molecule has 0 saturated carbocycles. The smallest absolute Gasteiger partial charge is 0.153 e. The molecule has 2 aliphatic heterocycles. The lowest BCUT2D eigenvalue weighted by atomic mass is 10.1. The molecule has 0 aromatic heterocycles. The van der Waals surface area contributed by atoms with Crippen LogP contribution in [0.25, 0.3) is 0 Å². The van der Waals surface area contributed by atoms with E-state index < -0.39 is 15.6 Å². The lowest BCUT2D eigenvalue weighted by Crippen LogP contribution is -2.42. The molecule has 15 heavy (non-hydrogen) atoms. The van der Waals surface area contributed by atoms with E-state index in [9.17, 15) is 8.42 Å². The van der Waals surface area contributed by atoms with E-state index in [4.69, 9.17) is 4.74 Å². The Morgan fingerprint density at radius 1 is 1.53 bits per heavy atom. The summed E-state index contributed by atoms with van der Waals surface area (Å²) in [6, 6.07) is 0. The van der Waals surface area contributed by atoms with Gasteiger partial charge in [0.25, 0.3) is 0 Å². The first-order valence-corrected chi connectivity index (χ1v) is 7.27. The van der Waals surface area contributed by atoms with Gasteiger partial charge in [0.05, 0.1) is 17.1 Å². The summed E-state index contributed by atoms with van der Waals surface area (Å²) in [6.07, 6.45) is 2.36. The SMILES string of the molecule is CC1CNC(C)(CC2CCCS2(=O)=O)O1. The fourth-order valence-corrected chi connectivity index (χ4v) is 4.53. The van der Waals surface area contributed by atoms with E-state index in [-0.39, 0.29) is 11.4 Å². The first-order valence-electron chi connectivity index (χ1n) is 5.56. The summed E-state index contributed by atoms with van der Waals surface area (Å²) in [6.45, 7) is 4.76. The van der Waals surface area contributed by atoms with Gasteiger partial charge < -0.3 is 4.74 Å². The molecule has 0 spiro atoms. The Kier molecular flexibility index (Phi) is 2.81. The second-order valence-electron chi connectivity index (χ2n) is 4.88. The Morgan fingerprint density at radius 3 is 2.73 bits per heavy atom. The summed E-state index contributed by atoms with van der Waals surface area (Å²) in [5.74, 6) is 0.350. The molecule has 2 rings (SSSR count). The maximum atomic E-state index is 11.7. The second-order valence-corrected chi connectivity index (χ2v) is 7.28. The zero-order chi connectivity index (χ0) is 11.1. The third kappa shape index (κ3) is 2.34. The van der Waals surface area contributed by atoms with Crippen LogP contribution >= 0.6 is 0 Å².